The first-order chi connectivity index (χ1) is 16.8. The molecule has 0 saturated heterocycles. The van der Waals surface area contributed by atoms with Crippen LogP contribution in [0.5, 0.6) is 0 Å². The van der Waals surface area contributed by atoms with Crippen molar-refractivity contribution in [3.63, 3.8) is 0 Å². The van der Waals surface area contributed by atoms with Gasteiger partial charge in [0.05, 0.1) is 16.6 Å². The minimum atomic E-state index is -1.13. The molecule has 3 aromatic carbocycles. The molecule has 2 N–H and O–H groups in total. The van der Waals surface area contributed by atoms with Gasteiger partial charge < -0.3 is 10.2 Å². The lowest BCUT2D eigenvalue weighted by molar-refractivity contribution is -0.137. The molecule has 6 rings (SSSR count). The smallest absolute Gasteiger partial charge is 0.335 e. The number of aliphatic carboxylic acids is 1. The van der Waals surface area contributed by atoms with Gasteiger partial charge in [-0.25, -0.2) is 9.78 Å². The van der Waals surface area contributed by atoms with Crippen molar-refractivity contribution in [3.05, 3.63) is 69.5 Å². The molecule has 0 atom stereocenters. The summed E-state index contributed by atoms with van der Waals surface area (Å²) >= 11 is 0. The van der Waals surface area contributed by atoms with Crippen molar-refractivity contribution in [1.29, 1.82) is 0 Å². The number of hydrogen-bond donors (Lipinski definition) is 2. The second kappa shape index (κ2) is 7.07. The molecule has 0 aliphatic carbocycles. The van der Waals surface area contributed by atoms with Crippen LogP contribution in [0.25, 0.3) is 38.2 Å². The maximum absolute atomic E-state index is 13.6. The summed E-state index contributed by atoms with van der Waals surface area (Å²) in [6, 6.07) is 10.6. The number of pyridine rings is 1. The topological polar surface area (TPSA) is 146 Å². The van der Waals surface area contributed by atoms with Gasteiger partial charge in [0.2, 0.25) is 0 Å². The van der Waals surface area contributed by atoms with Crippen LogP contribution in [-0.4, -0.2) is 54.8 Å². The summed E-state index contributed by atoms with van der Waals surface area (Å²) in [5.41, 5.74) is 1.16. The number of aromatic nitrogens is 2. The zero-order chi connectivity index (χ0) is 24.6. The minimum absolute atomic E-state index is 0.0169. The zero-order valence-electron chi connectivity index (χ0n) is 17.9. The summed E-state index contributed by atoms with van der Waals surface area (Å²) in [5, 5.41) is 19.9. The quantitative estimate of drug-likeness (QED) is 0.374. The van der Waals surface area contributed by atoms with E-state index in [9.17, 15) is 29.1 Å². The van der Waals surface area contributed by atoms with Gasteiger partial charge in [-0.2, -0.15) is 0 Å². The summed E-state index contributed by atoms with van der Waals surface area (Å²) in [7, 11) is 0. The van der Waals surface area contributed by atoms with Crippen LogP contribution in [0.3, 0.4) is 0 Å². The molecule has 0 radical (unpaired) electrons. The summed E-state index contributed by atoms with van der Waals surface area (Å²) in [5.74, 6) is -3.24. The molecule has 5 aromatic rings. The van der Waals surface area contributed by atoms with Crippen LogP contribution in [-0.2, 0) is 4.79 Å². The number of carbonyl (C=O) groups excluding carboxylic acids is 2. The third-order valence-corrected chi connectivity index (χ3v) is 6.46. The molecule has 172 valence electrons. The normalized spacial score (nSPS) is 13.5. The van der Waals surface area contributed by atoms with E-state index in [1.165, 1.54) is 34.7 Å². The number of carboxylic acid groups (broad SMARTS) is 2. The van der Waals surface area contributed by atoms with Crippen LogP contribution < -0.4 is 5.56 Å². The maximum atomic E-state index is 13.6. The molecular weight excluding hydrogens is 454 g/mol. The third kappa shape index (κ3) is 2.76. The molecule has 10 nitrogen and oxygen atoms in total. The van der Waals surface area contributed by atoms with Gasteiger partial charge in [0.1, 0.15) is 5.65 Å². The van der Waals surface area contributed by atoms with E-state index in [-0.39, 0.29) is 41.5 Å². The fourth-order valence-corrected chi connectivity index (χ4v) is 4.91. The highest BCUT2D eigenvalue weighted by molar-refractivity contribution is 6.31. The fourth-order valence-electron chi connectivity index (χ4n) is 4.91. The van der Waals surface area contributed by atoms with Crippen LogP contribution >= 0.6 is 0 Å². The summed E-state index contributed by atoms with van der Waals surface area (Å²) in [6.07, 6.45) is -0.0478. The predicted octanol–water partition coefficient (Wildman–Crippen LogP) is 2.75. The maximum Gasteiger partial charge on any atom is 0.335 e. The van der Waals surface area contributed by atoms with Crippen molar-refractivity contribution in [2.75, 3.05) is 6.54 Å². The number of carbonyl (C=O) groups is 4. The number of fused-ring (bicyclic) bond motifs is 4. The number of imide groups is 1. The third-order valence-electron chi connectivity index (χ3n) is 6.46. The van der Waals surface area contributed by atoms with Crippen molar-refractivity contribution in [1.82, 2.24) is 14.3 Å². The number of hydrogen-bond acceptors (Lipinski definition) is 6. The van der Waals surface area contributed by atoms with E-state index >= 15 is 0 Å². The predicted molar refractivity (Wildman–Crippen MR) is 124 cm³/mol. The molecule has 35 heavy (non-hydrogen) atoms. The Morgan fingerprint density at radius 3 is 2.20 bits per heavy atom. The molecule has 1 aliphatic heterocycles. The van der Waals surface area contributed by atoms with Gasteiger partial charge in [-0.3, -0.25) is 28.5 Å². The summed E-state index contributed by atoms with van der Waals surface area (Å²) < 4.78 is 1.35. The van der Waals surface area contributed by atoms with Crippen molar-refractivity contribution >= 4 is 62.0 Å². The van der Waals surface area contributed by atoms with Crippen molar-refractivity contribution in [2.45, 2.75) is 12.8 Å². The van der Waals surface area contributed by atoms with Gasteiger partial charge in [-0.15, -0.1) is 0 Å². The molecule has 0 spiro atoms. The van der Waals surface area contributed by atoms with Crippen LogP contribution in [0.15, 0.2) is 47.3 Å². The monoisotopic (exact) mass is 469 g/mol. The Labute approximate surface area is 195 Å². The second-order valence-corrected chi connectivity index (χ2v) is 8.42. The first-order valence-corrected chi connectivity index (χ1v) is 10.8. The molecule has 3 heterocycles. The molecule has 0 unspecified atom stereocenters. The van der Waals surface area contributed by atoms with E-state index in [1.54, 1.807) is 12.1 Å². The summed E-state index contributed by atoms with van der Waals surface area (Å²) in [4.78, 5) is 67.8. The Morgan fingerprint density at radius 1 is 0.857 bits per heavy atom. The average molecular weight is 469 g/mol. The number of benzene rings is 3. The first-order valence-electron chi connectivity index (χ1n) is 10.8. The van der Waals surface area contributed by atoms with E-state index in [1.807, 2.05) is 0 Å². The molecule has 1 aliphatic rings. The van der Waals surface area contributed by atoms with E-state index in [2.05, 4.69) is 4.98 Å². The highest BCUT2D eigenvalue weighted by Crippen LogP contribution is 2.37. The van der Waals surface area contributed by atoms with Crippen LogP contribution in [0.2, 0.25) is 0 Å². The lowest BCUT2D eigenvalue weighted by Gasteiger charge is -2.27. The van der Waals surface area contributed by atoms with Gasteiger partial charge >= 0.3 is 11.9 Å². The van der Waals surface area contributed by atoms with Gasteiger partial charge in [0.25, 0.3) is 17.4 Å². The number of imidazole rings is 1. The van der Waals surface area contributed by atoms with E-state index < -0.39 is 29.3 Å². The van der Waals surface area contributed by atoms with E-state index in [0.717, 1.165) is 4.90 Å². The van der Waals surface area contributed by atoms with Crippen LogP contribution in [0.4, 0.5) is 0 Å². The molecule has 2 amide bonds. The highest BCUT2D eigenvalue weighted by Gasteiger charge is 2.34. The lowest BCUT2D eigenvalue weighted by Crippen LogP contribution is -2.41. The SMILES string of the molecule is O=C(O)CCCN1C(=O)c2ccc3c(=O)n4c5cc(C(=O)O)ccc5nc4c4ccc(c2c34)C1=O. The Morgan fingerprint density at radius 2 is 1.54 bits per heavy atom. The second-order valence-electron chi connectivity index (χ2n) is 8.42. The fraction of sp³-hybridized carbons (Fsp3) is 0.120. The average Bonchev–Trinajstić information content (AvgIpc) is 3.22. The Hall–Kier alpha value is -4.86. The Kier molecular flexibility index (Phi) is 4.19. The van der Waals surface area contributed by atoms with Crippen molar-refractivity contribution in [2.24, 2.45) is 0 Å². The van der Waals surface area contributed by atoms with Crippen LogP contribution in [0, 0.1) is 0 Å². The van der Waals surface area contributed by atoms with Crippen molar-refractivity contribution < 1.29 is 29.4 Å². The molecular formula is C25H15N3O7. The minimum Gasteiger partial charge on any atom is -0.481 e. The molecule has 0 saturated carbocycles. The van der Waals surface area contributed by atoms with Gasteiger partial charge in [0.15, 0.2) is 0 Å². The summed E-state index contributed by atoms with van der Waals surface area (Å²) in [6.45, 7) is -0.0327. The number of aromatic carboxylic acids is 1. The lowest BCUT2D eigenvalue weighted by atomic mass is 9.90. The van der Waals surface area contributed by atoms with Crippen molar-refractivity contribution in [3.8, 4) is 0 Å². The Bertz CT molecular complexity index is 1830. The highest BCUT2D eigenvalue weighted by atomic mass is 16.4. The number of rotatable bonds is 5. The first kappa shape index (κ1) is 20.7. The van der Waals surface area contributed by atoms with Gasteiger partial charge in [-0.1, -0.05) is 0 Å². The molecule has 10 heteroatoms. The number of amides is 2. The molecule has 0 bridgehead atoms. The number of nitrogens with zero attached hydrogens (tertiary/aromatic N) is 3. The molecule has 2 aromatic heterocycles. The van der Waals surface area contributed by atoms with E-state index in [0.29, 0.717) is 32.8 Å². The molecule has 0 fully saturated rings. The standard InChI is InChI=1S/C25H15N3O7/c29-18(30)2-1-9-27-22(31)13-5-4-12-19-15(7-6-14(20(13)19)23(27)32)24(33)28-17-10-11(25(34)35)3-8-16(17)26-21(12)28/h3-8,10H,1-2,9H2,(H,29,30)(H,34,35). The van der Waals surface area contributed by atoms with E-state index in [4.69, 9.17) is 5.11 Å². The van der Waals surface area contributed by atoms with Gasteiger partial charge in [0, 0.05) is 45.6 Å². The van der Waals surface area contributed by atoms with Gasteiger partial charge in [-0.05, 0) is 48.9 Å². The number of carboxylic acids is 2. The zero-order valence-corrected chi connectivity index (χ0v) is 17.9. The largest absolute Gasteiger partial charge is 0.481 e. The Balaban J connectivity index is 1.64. The van der Waals surface area contributed by atoms with Crippen LogP contribution in [0.1, 0.15) is 43.9 Å².